The summed E-state index contributed by atoms with van der Waals surface area (Å²) < 4.78 is 11.5. The van der Waals surface area contributed by atoms with E-state index in [-0.39, 0.29) is 5.75 Å². The lowest BCUT2D eigenvalue weighted by Gasteiger charge is -2.09. The number of halogens is 2. The van der Waals surface area contributed by atoms with Crippen molar-refractivity contribution in [1.82, 2.24) is 10.4 Å². The predicted octanol–water partition coefficient (Wildman–Crippen LogP) is 7.24. The highest BCUT2D eigenvalue weighted by molar-refractivity contribution is 9.10. The van der Waals surface area contributed by atoms with E-state index < -0.39 is 11.9 Å². The third-order valence-corrected chi connectivity index (χ3v) is 6.65. The summed E-state index contributed by atoms with van der Waals surface area (Å²) in [5.74, 6) is -0.0680. The number of hydrogen-bond acceptors (Lipinski definition) is 5. The number of amides is 1. The molecule has 1 amide bonds. The Kier molecular flexibility index (Phi) is 7.76. The third-order valence-electron chi connectivity index (χ3n) is 5.92. The van der Waals surface area contributed by atoms with Crippen LogP contribution in [0.1, 0.15) is 26.4 Å². The molecule has 0 fully saturated rings. The molecular formula is C30H21BrClN3O4. The molecule has 0 saturated heterocycles. The molecular weight excluding hydrogens is 582 g/mol. The molecule has 0 spiro atoms. The molecule has 5 rings (SSSR count). The number of fused-ring (bicyclic) bond motifs is 1. The molecule has 0 atom stereocenters. The van der Waals surface area contributed by atoms with Gasteiger partial charge < -0.3 is 14.5 Å². The van der Waals surface area contributed by atoms with E-state index in [1.54, 1.807) is 55.6 Å². The highest BCUT2D eigenvalue weighted by Crippen LogP contribution is 2.34. The zero-order chi connectivity index (χ0) is 27.4. The van der Waals surface area contributed by atoms with Crippen molar-refractivity contribution in [1.29, 1.82) is 0 Å². The summed E-state index contributed by atoms with van der Waals surface area (Å²) >= 11 is 9.67. The van der Waals surface area contributed by atoms with Crippen LogP contribution in [-0.4, -0.2) is 30.2 Å². The molecule has 9 heteroatoms. The highest BCUT2D eigenvalue weighted by atomic mass is 79.9. The van der Waals surface area contributed by atoms with Crippen molar-refractivity contribution >= 4 is 56.5 Å². The minimum absolute atomic E-state index is 0.280. The zero-order valence-electron chi connectivity index (χ0n) is 20.6. The lowest BCUT2D eigenvalue weighted by Crippen LogP contribution is -2.19. The molecule has 0 bridgehead atoms. The van der Waals surface area contributed by atoms with E-state index >= 15 is 0 Å². The molecule has 39 heavy (non-hydrogen) atoms. The van der Waals surface area contributed by atoms with E-state index in [1.165, 1.54) is 6.21 Å². The number of benzene rings is 4. The number of aromatic nitrogens is 1. The minimum Gasteiger partial charge on any atom is -0.497 e. The van der Waals surface area contributed by atoms with Crippen LogP contribution in [-0.2, 0) is 0 Å². The molecule has 0 aliphatic carbocycles. The van der Waals surface area contributed by atoms with Crippen molar-refractivity contribution in [2.75, 3.05) is 7.11 Å². The molecule has 5 aromatic rings. The fourth-order valence-corrected chi connectivity index (χ4v) is 4.61. The van der Waals surface area contributed by atoms with Gasteiger partial charge in [0, 0.05) is 31.5 Å². The van der Waals surface area contributed by atoms with Crippen LogP contribution in [0, 0.1) is 0 Å². The van der Waals surface area contributed by atoms with Crippen LogP contribution >= 0.6 is 27.5 Å². The minimum atomic E-state index is -0.539. The van der Waals surface area contributed by atoms with Crippen LogP contribution in [0.15, 0.2) is 101 Å². The number of rotatable bonds is 7. The number of hydrazone groups is 1. The number of esters is 1. The second kappa shape index (κ2) is 11.6. The predicted molar refractivity (Wildman–Crippen MR) is 156 cm³/mol. The lowest BCUT2D eigenvalue weighted by atomic mass is 10.0. The van der Waals surface area contributed by atoms with Gasteiger partial charge in [0.2, 0.25) is 0 Å². The molecule has 0 unspecified atom stereocenters. The van der Waals surface area contributed by atoms with Gasteiger partial charge in [0.05, 0.1) is 18.9 Å². The van der Waals surface area contributed by atoms with Gasteiger partial charge in [-0.3, -0.25) is 4.79 Å². The normalized spacial score (nSPS) is 11.1. The first-order chi connectivity index (χ1) is 18.9. The number of nitrogens with zero attached hydrogens (tertiary/aromatic N) is 1. The maximum absolute atomic E-state index is 13.3. The van der Waals surface area contributed by atoms with E-state index in [1.807, 2.05) is 42.5 Å². The Hall–Kier alpha value is -4.40. The fourth-order valence-electron chi connectivity index (χ4n) is 4.05. The van der Waals surface area contributed by atoms with Crippen molar-refractivity contribution in [3.63, 3.8) is 0 Å². The molecule has 0 aliphatic heterocycles. The van der Waals surface area contributed by atoms with Gasteiger partial charge in [-0.15, -0.1) is 0 Å². The van der Waals surface area contributed by atoms with Crippen molar-refractivity contribution in [2.24, 2.45) is 5.10 Å². The second-order valence-corrected chi connectivity index (χ2v) is 9.78. The second-order valence-electron chi connectivity index (χ2n) is 8.43. The highest BCUT2D eigenvalue weighted by Gasteiger charge is 2.19. The Bertz CT molecular complexity index is 1700. The van der Waals surface area contributed by atoms with Crippen molar-refractivity contribution in [2.45, 2.75) is 0 Å². The molecule has 0 radical (unpaired) electrons. The van der Waals surface area contributed by atoms with Crippen molar-refractivity contribution in [3.05, 3.63) is 117 Å². The van der Waals surface area contributed by atoms with Crippen LogP contribution in [0.3, 0.4) is 0 Å². The Balaban J connectivity index is 1.39. The maximum atomic E-state index is 13.3. The summed E-state index contributed by atoms with van der Waals surface area (Å²) in [5, 5.41) is 5.53. The largest absolute Gasteiger partial charge is 0.497 e. The molecule has 1 heterocycles. The summed E-state index contributed by atoms with van der Waals surface area (Å²) in [4.78, 5) is 29.1. The molecule has 2 N–H and O–H groups in total. The van der Waals surface area contributed by atoms with Crippen molar-refractivity contribution < 1.29 is 19.1 Å². The number of hydrogen-bond donors (Lipinski definition) is 2. The van der Waals surface area contributed by atoms with Gasteiger partial charge >= 0.3 is 5.97 Å². The number of aromatic amines is 1. The molecule has 4 aromatic carbocycles. The average molecular weight is 603 g/mol. The quantitative estimate of drug-likeness (QED) is 0.0889. The van der Waals surface area contributed by atoms with Gasteiger partial charge in [-0.2, -0.15) is 5.10 Å². The van der Waals surface area contributed by atoms with Gasteiger partial charge in [0.25, 0.3) is 5.91 Å². The number of nitrogens with one attached hydrogen (secondary N) is 2. The van der Waals surface area contributed by atoms with E-state index in [4.69, 9.17) is 21.1 Å². The standard InChI is InChI=1S/C30H21BrClN3O4/c1-38-23-11-7-19(8-12-23)30(37)39-26-14-9-21(31)15-20(26)17-33-35-29(36)28-27(18-5-3-2-4-6-18)24-16-22(32)10-13-25(24)34-28/h2-17,34H,1H3,(H,35,36). The lowest BCUT2D eigenvalue weighted by molar-refractivity contribution is 0.0734. The number of methoxy groups -OCH3 is 1. The van der Waals surface area contributed by atoms with Crippen LogP contribution in [0.4, 0.5) is 0 Å². The SMILES string of the molecule is COc1ccc(C(=O)Oc2ccc(Br)cc2C=NNC(=O)c2[nH]c3ccc(Cl)cc3c2-c2ccccc2)cc1. The number of carbonyl (C=O) groups excluding carboxylic acids is 2. The van der Waals surface area contributed by atoms with Gasteiger partial charge in [-0.05, 0) is 66.2 Å². The average Bonchev–Trinajstić information content (AvgIpc) is 3.33. The summed E-state index contributed by atoms with van der Waals surface area (Å²) in [5.41, 5.74) is 6.12. The van der Waals surface area contributed by atoms with E-state index in [2.05, 4.69) is 31.4 Å². The van der Waals surface area contributed by atoms with E-state index in [0.717, 1.165) is 26.5 Å². The zero-order valence-corrected chi connectivity index (χ0v) is 22.9. The molecule has 0 aliphatic rings. The van der Waals surface area contributed by atoms with Gasteiger partial charge in [-0.25, -0.2) is 10.2 Å². The number of ether oxygens (including phenoxy) is 2. The van der Waals surface area contributed by atoms with Crippen molar-refractivity contribution in [3.8, 4) is 22.6 Å². The van der Waals surface area contributed by atoms with Gasteiger partial charge in [0.1, 0.15) is 17.2 Å². The number of carbonyl (C=O) groups is 2. The first-order valence-electron chi connectivity index (χ1n) is 11.8. The fraction of sp³-hybridized carbons (Fsp3) is 0.0333. The topological polar surface area (TPSA) is 92.8 Å². The summed E-state index contributed by atoms with van der Waals surface area (Å²) in [6.45, 7) is 0. The summed E-state index contributed by atoms with van der Waals surface area (Å²) in [7, 11) is 1.55. The Morgan fingerprint density at radius 2 is 1.74 bits per heavy atom. The first kappa shape index (κ1) is 26.2. The summed E-state index contributed by atoms with van der Waals surface area (Å²) in [6, 6.07) is 26.7. The summed E-state index contributed by atoms with van der Waals surface area (Å²) in [6.07, 6.45) is 1.42. The Labute approximate surface area is 237 Å². The van der Waals surface area contributed by atoms with Crippen LogP contribution in [0.25, 0.3) is 22.0 Å². The molecule has 0 saturated carbocycles. The Morgan fingerprint density at radius 3 is 2.49 bits per heavy atom. The maximum Gasteiger partial charge on any atom is 0.343 e. The van der Waals surface area contributed by atoms with E-state index in [0.29, 0.717) is 27.6 Å². The number of H-pyrrole nitrogens is 1. The van der Waals surface area contributed by atoms with Crippen LogP contribution in [0.2, 0.25) is 5.02 Å². The smallest absolute Gasteiger partial charge is 0.343 e. The molecule has 7 nitrogen and oxygen atoms in total. The monoisotopic (exact) mass is 601 g/mol. The Morgan fingerprint density at radius 1 is 0.974 bits per heavy atom. The van der Waals surface area contributed by atoms with Gasteiger partial charge in [0.15, 0.2) is 0 Å². The third kappa shape index (κ3) is 5.87. The first-order valence-corrected chi connectivity index (χ1v) is 13.0. The molecule has 194 valence electrons. The van der Waals surface area contributed by atoms with E-state index in [9.17, 15) is 9.59 Å². The molecule has 1 aromatic heterocycles. The van der Waals surface area contributed by atoms with Gasteiger partial charge in [-0.1, -0.05) is 57.9 Å². The van der Waals surface area contributed by atoms with Crippen LogP contribution in [0.5, 0.6) is 11.5 Å². The van der Waals surface area contributed by atoms with Crippen LogP contribution < -0.4 is 14.9 Å².